The highest BCUT2D eigenvalue weighted by Crippen LogP contribution is 2.18. The SMILES string of the molecule is CCN(CC(=O)NC(C)C)C(=O)c1ccc(C)c(Br)c1. The molecule has 0 bridgehead atoms. The molecule has 0 spiro atoms. The maximum atomic E-state index is 12.4. The number of hydrogen-bond donors (Lipinski definition) is 1. The maximum absolute atomic E-state index is 12.4. The van der Waals surface area contributed by atoms with Gasteiger partial charge in [0.05, 0.1) is 6.54 Å². The number of rotatable bonds is 5. The highest BCUT2D eigenvalue weighted by Gasteiger charge is 2.18. The quantitative estimate of drug-likeness (QED) is 0.895. The van der Waals surface area contributed by atoms with Gasteiger partial charge in [-0.05, 0) is 45.4 Å². The molecule has 1 N–H and O–H groups in total. The van der Waals surface area contributed by atoms with Gasteiger partial charge in [0.25, 0.3) is 5.91 Å². The molecular formula is C15H21BrN2O2. The van der Waals surface area contributed by atoms with E-state index >= 15 is 0 Å². The minimum atomic E-state index is -0.138. The molecule has 0 fully saturated rings. The van der Waals surface area contributed by atoms with E-state index in [9.17, 15) is 9.59 Å². The van der Waals surface area contributed by atoms with Crippen LogP contribution in [0.1, 0.15) is 36.7 Å². The minimum Gasteiger partial charge on any atom is -0.352 e. The first-order valence-corrected chi connectivity index (χ1v) is 7.49. The zero-order valence-corrected chi connectivity index (χ0v) is 14.0. The highest BCUT2D eigenvalue weighted by molar-refractivity contribution is 9.10. The molecule has 5 heteroatoms. The fraction of sp³-hybridized carbons (Fsp3) is 0.467. The summed E-state index contributed by atoms with van der Waals surface area (Å²) < 4.78 is 0.894. The fourth-order valence-electron chi connectivity index (χ4n) is 1.78. The van der Waals surface area contributed by atoms with Crippen LogP contribution < -0.4 is 5.32 Å². The fourth-order valence-corrected chi connectivity index (χ4v) is 2.16. The van der Waals surface area contributed by atoms with Gasteiger partial charge in [-0.25, -0.2) is 0 Å². The molecule has 1 rings (SSSR count). The Morgan fingerprint density at radius 3 is 2.50 bits per heavy atom. The summed E-state index contributed by atoms with van der Waals surface area (Å²) in [4.78, 5) is 25.7. The molecule has 2 amide bonds. The summed E-state index contributed by atoms with van der Waals surface area (Å²) in [5, 5.41) is 2.79. The zero-order valence-electron chi connectivity index (χ0n) is 12.4. The number of nitrogens with one attached hydrogen (secondary N) is 1. The van der Waals surface area contributed by atoms with E-state index in [0.717, 1.165) is 10.0 Å². The molecule has 0 aliphatic heterocycles. The van der Waals surface area contributed by atoms with Crippen LogP contribution in [-0.4, -0.2) is 35.8 Å². The van der Waals surface area contributed by atoms with Crippen LogP contribution in [0.25, 0.3) is 0 Å². The monoisotopic (exact) mass is 340 g/mol. The van der Waals surface area contributed by atoms with E-state index in [1.807, 2.05) is 33.8 Å². The van der Waals surface area contributed by atoms with Crippen molar-refractivity contribution in [2.24, 2.45) is 0 Å². The average molecular weight is 341 g/mol. The number of hydrogen-bond acceptors (Lipinski definition) is 2. The van der Waals surface area contributed by atoms with Crippen LogP contribution in [-0.2, 0) is 4.79 Å². The highest BCUT2D eigenvalue weighted by atomic mass is 79.9. The first kappa shape index (κ1) is 16.7. The van der Waals surface area contributed by atoms with Gasteiger partial charge < -0.3 is 10.2 Å². The van der Waals surface area contributed by atoms with Gasteiger partial charge >= 0.3 is 0 Å². The Labute approximate surface area is 128 Å². The van der Waals surface area contributed by atoms with Gasteiger partial charge in [0, 0.05) is 22.6 Å². The van der Waals surface area contributed by atoms with Crippen molar-refractivity contribution in [2.75, 3.05) is 13.1 Å². The summed E-state index contributed by atoms with van der Waals surface area (Å²) in [6.45, 7) is 8.20. The molecule has 110 valence electrons. The van der Waals surface area contributed by atoms with Crippen molar-refractivity contribution in [3.63, 3.8) is 0 Å². The van der Waals surface area contributed by atoms with Crippen LogP contribution in [0.5, 0.6) is 0 Å². The summed E-state index contributed by atoms with van der Waals surface area (Å²) in [6.07, 6.45) is 0. The number of likely N-dealkylation sites (N-methyl/N-ethyl adjacent to an activating group) is 1. The molecule has 0 radical (unpaired) electrons. The lowest BCUT2D eigenvalue weighted by molar-refractivity contribution is -0.122. The van der Waals surface area contributed by atoms with Gasteiger partial charge in [0.15, 0.2) is 0 Å². The summed E-state index contributed by atoms with van der Waals surface area (Å²) in [6, 6.07) is 5.54. The third kappa shape index (κ3) is 4.63. The zero-order chi connectivity index (χ0) is 15.3. The van der Waals surface area contributed by atoms with Crippen LogP contribution >= 0.6 is 15.9 Å². The van der Waals surface area contributed by atoms with Gasteiger partial charge in [-0.15, -0.1) is 0 Å². The van der Waals surface area contributed by atoms with Crippen LogP contribution in [0.3, 0.4) is 0 Å². The number of aryl methyl sites for hydroxylation is 1. The van der Waals surface area contributed by atoms with Crippen molar-refractivity contribution < 1.29 is 9.59 Å². The minimum absolute atomic E-state index is 0.0739. The first-order chi connectivity index (χ1) is 9.35. The van der Waals surface area contributed by atoms with E-state index in [0.29, 0.717) is 12.1 Å². The number of carbonyl (C=O) groups excluding carboxylic acids is 2. The van der Waals surface area contributed by atoms with E-state index in [1.165, 1.54) is 4.90 Å². The van der Waals surface area contributed by atoms with Gasteiger partial charge in [-0.3, -0.25) is 9.59 Å². The lowest BCUT2D eigenvalue weighted by atomic mass is 10.1. The molecule has 1 aromatic carbocycles. The third-order valence-corrected chi connectivity index (χ3v) is 3.73. The van der Waals surface area contributed by atoms with Gasteiger partial charge in [-0.2, -0.15) is 0 Å². The summed E-state index contributed by atoms with van der Waals surface area (Å²) in [5.41, 5.74) is 1.66. The number of carbonyl (C=O) groups is 2. The molecule has 0 heterocycles. The molecule has 1 aromatic rings. The molecule has 0 saturated heterocycles. The number of amides is 2. The Hall–Kier alpha value is -1.36. The third-order valence-electron chi connectivity index (χ3n) is 2.87. The second-order valence-electron chi connectivity index (χ2n) is 5.01. The largest absolute Gasteiger partial charge is 0.352 e. The Morgan fingerprint density at radius 2 is 2.00 bits per heavy atom. The predicted molar refractivity (Wildman–Crippen MR) is 83.7 cm³/mol. The van der Waals surface area contributed by atoms with Crippen molar-refractivity contribution in [2.45, 2.75) is 33.7 Å². The van der Waals surface area contributed by atoms with Gasteiger partial charge in [0.2, 0.25) is 5.91 Å². The molecule has 0 atom stereocenters. The lowest BCUT2D eigenvalue weighted by Crippen LogP contribution is -2.42. The second kappa shape index (κ2) is 7.43. The standard InChI is InChI=1S/C15H21BrN2O2/c1-5-18(9-14(19)17-10(2)3)15(20)12-7-6-11(4)13(16)8-12/h6-8,10H,5,9H2,1-4H3,(H,17,19). The predicted octanol–water partition coefficient (Wildman–Crippen LogP) is 2.74. The maximum Gasteiger partial charge on any atom is 0.254 e. The molecule has 0 aliphatic carbocycles. The van der Waals surface area contributed by atoms with E-state index < -0.39 is 0 Å². The topological polar surface area (TPSA) is 49.4 Å². The van der Waals surface area contributed by atoms with Crippen molar-refractivity contribution >= 4 is 27.7 Å². The van der Waals surface area contributed by atoms with Crippen LogP contribution in [0.4, 0.5) is 0 Å². The van der Waals surface area contributed by atoms with Crippen LogP contribution in [0, 0.1) is 6.92 Å². The number of benzene rings is 1. The van der Waals surface area contributed by atoms with Crippen LogP contribution in [0.2, 0.25) is 0 Å². The van der Waals surface area contributed by atoms with Crippen LogP contribution in [0.15, 0.2) is 22.7 Å². The molecular weight excluding hydrogens is 320 g/mol. The van der Waals surface area contributed by atoms with E-state index in [1.54, 1.807) is 12.1 Å². The first-order valence-electron chi connectivity index (χ1n) is 6.70. The summed E-state index contributed by atoms with van der Waals surface area (Å²) in [7, 11) is 0. The van der Waals surface area contributed by atoms with Crippen molar-refractivity contribution in [3.8, 4) is 0 Å². The van der Waals surface area contributed by atoms with E-state index in [2.05, 4.69) is 21.2 Å². The van der Waals surface area contributed by atoms with Crippen molar-refractivity contribution in [1.82, 2.24) is 10.2 Å². The van der Waals surface area contributed by atoms with E-state index in [-0.39, 0.29) is 24.4 Å². The van der Waals surface area contributed by atoms with Crippen molar-refractivity contribution in [3.05, 3.63) is 33.8 Å². The number of halogens is 1. The normalized spacial score (nSPS) is 10.5. The molecule has 0 aliphatic rings. The lowest BCUT2D eigenvalue weighted by Gasteiger charge is -2.21. The van der Waals surface area contributed by atoms with Gasteiger partial charge in [0.1, 0.15) is 0 Å². The summed E-state index contributed by atoms with van der Waals surface area (Å²) in [5.74, 6) is -0.270. The Bertz CT molecular complexity index is 501. The molecule has 0 aromatic heterocycles. The second-order valence-corrected chi connectivity index (χ2v) is 5.86. The number of nitrogens with zero attached hydrogens (tertiary/aromatic N) is 1. The summed E-state index contributed by atoms with van der Waals surface area (Å²) >= 11 is 3.42. The Kier molecular flexibility index (Phi) is 6.20. The smallest absolute Gasteiger partial charge is 0.254 e. The van der Waals surface area contributed by atoms with E-state index in [4.69, 9.17) is 0 Å². The van der Waals surface area contributed by atoms with Crippen molar-refractivity contribution in [1.29, 1.82) is 0 Å². The molecule has 20 heavy (non-hydrogen) atoms. The Balaban J connectivity index is 2.81. The molecule has 0 unspecified atom stereocenters. The Morgan fingerprint density at radius 1 is 1.35 bits per heavy atom. The molecule has 4 nitrogen and oxygen atoms in total. The average Bonchev–Trinajstić information content (AvgIpc) is 2.37. The molecule has 0 saturated carbocycles. The van der Waals surface area contributed by atoms with Gasteiger partial charge in [-0.1, -0.05) is 22.0 Å².